The summed E-state index contributed by atoms with van der Waals surface area (Å²) in [5.41, 5.74) is 8.50. The van der Waals surface area contributed by atoms with E-state index in [9.17, 15) is 0 Å². The normalized spacial score (nSPS) is 12.8. The number of nitrogens with zero attached hydrogens (tertiary/aromatic N) is 1. The Labute approximate surface area is 125 Å². The second-order valence-corrected chi connectivity index (χ2v) is 6.15. The van der Waals surface area contributed by atoms with Crippen molar-refractivity contribution in [1.29, 1.82) is 0 Å². The standard InChI is InChI=1S/C15H25BrN2O/c1-11(2)18(7-8-19-4)15-10-14(16)6-5-13(15)9-12(3)17/h5-6,10-12H,7-9,17H2,1-4H3. The lowest BCUT2D eigenvalue weighted by atomic mass is 10.0. The molecule has 0 bridgehead atoms. The van der Waals surface area contributed by atoms with Crippen molar-refractivity contribution in [2.45, 2.75) is 39.3 Å². The molecule has 0 amide bonds. The molecule has 0 spiro atoms. The molecule has 108 valence electrons. The van der Waals surface area contributed by atoms with Crippen molar-refractivity contribution in [1.82, 2.24) is 0 Å². The van der Waals surface area contributed by atoms with Gasteiger partial charge in [-0.1, -0.05) is 22.0 Å². The van der Waals surface area contributed by atoms with Crippen LogP contribution in [0.2, 0.25) is 0 Å². The van der Waals surface area contributed by atoms with Gasteiger partial charge in [0.2, 0.25) is 0 Å². The first kappa shape index (κ1) is 16.5. The van der Waals surface area contributed by atoms with E-state index in [0.29, 0.717) is 6.04 Å². The van der Waals surface area contributed by atoms with E-state index in [1.807, 2.05) is 6.92 Å². The number of benzene rings is 1. The van der Waals surface area contributed by atoms with E-state index in [1.54, 1.807) is 7.11 Å². The maximum atomic E-state index is 5.95. The fraction of sp³-hybridized carbons (Fsp3) is 0.600. The molecule has 1 aromatic carbocycles. The molecular formula is C15H25BrN2O. The highest BCUT2D eigenvalue weighted by molar-refractivity contribution is 9.10. The first-order valence-corrected chi connectivity index (χ1v) is 7.54. The summed E-state index contributed by atoms with van der Waals surface area (Å²) in [5.74, 6) is 0. The fourth-order valence-corrected chi connectivity index (χ4v) is 2.52. The van der Waals surface area contributed by atoms with Gasteiger partial charge in [0.25, 0.3) is 0 Å². The van der Waals surface area contributed by atoms with E-state index in [2.05, 4.69) is 52.9 Å². The molecule has 0 aliphatic heterocycles. The van der Waals surface area contributed by atoms with Gasteiger partial charge in [-0.2, -0.15) is 0 Å². The summed E-state index contributed by atoms with van der Waals surface area (Å²) in [5, 5.41) is 0. The highest BCUT2D eigenvalue weighted by Crippen LogP contribution is 2.27. The van der Waals surface area contributed by atoms with Gasteiger partial charge in [-0.3, -0.25) is 0 Å². The third kappa shape index (κ3) is 5.13. The van der Waals surface area contributed by atoms with Gasteiger partial charge in [0.1, 0.15) is 0 Å². The van der Waals surface area contributed by atoms with Gasteiger partial charge in [0, 0.05) is 35.9 Å². The lowest BCUT2D eigenvalue weighted by Crippen LogP contribution is -2.35. The van der Waals surface area contributed by atoms with Crippen LogP contribution < -0.4 is 10.6 Å². The van der Waals surface area contributed by atoms with E-state index in [4.69, 9.17) is 10.5 Å². The summed E-state index contributed by atoms with van der Waals surface area (Å²) >= 11 is 3.56. The zero-order chi connectivity index (χ0) is 14.4. The number of nitrogens with two attached hydrogens (primary N) is 1. The maximum absolute atomic E-state index is 5.95. The van der Waals surface area contributed by atoms with E-state index in [1.165, 1.54) is 11.3 Å². The molecule has 0 aliphatic rings. The molecular weight excluding hydrogens is 304 g/mol. The van der Waals surface area contributed by atoms with Crippen molar-refractivity contribution in [3.8, 4) is 0 Å². The number of rotatable bonds is 7. The molecule has 2 N–H and O–H groups in total. The van der Waals surface area contributed by atoms with Crippen molar-refractivity contribution in [3.63, 3.8) is 0 Å². The smallest absolute Gasteiger partial charge is 0.0637 e. The van der Waals surface area contributed by atoms with Crippen LogP contribution in [0.4, 0.5) is 5.69 Å². The van der Waals surface area contributed by atoms with E-state index in [-0.39, 0.29) is 6.04 Å². The molecule has 1 atom stereocenters. The van der Waals surface area contributed by atoms with Crippen molar-refractivity contribution in [2.24, 2.45) is 5.73 Å². The predicted octanol–water partition coefficient (Wildman–Crippen LogP) is 3.20. The average Bonchev–Trinajstić information content (AvgIpc) is 2.32. The van der Waals surface area contributed by atoms with Crippen molar-refractivity contribution >= 4 is 21.6 Å². The number of anilines is 1. The molecule has 3 nitrogen and oxygen atoms in total. The molecule has 0 fully saturated rings. The Bertz CT molecular complexity index is 394. The van der Waals surface area contributed by atoms with Crippen molar-refractivity contribution < 1.29 is 4.74 Å². The Balaban J connectivity index is 3.07. The lowest BCUT2D eigenvalue weighted by Gasteiger charge is -2.31. The molecule has 19 heavy (non-hydrogen) atoms. The minimum Gasteiger partial charge on any atom is -0.383 e. The Morgan fingerprint density at radius 2 is 2.00 bits per heavy atom. The quantitative estimate of drug-likeness (QED) is 0.835. The number of hydrogen-bond acceptors (Lipinski definition) is 3. The summed E-state index contributed by atoms with van der Waals surface area (Å²) in [4.78, 5) is 2.37. The Kier molecular flexibility index (Phi) is 6.83. The first-order chi connectivity index (χ1) is 8.95. The summed E-state index contributed by atoms with van der Waals surface area (Å²) in [6, 6.07) is 7.00. The average molecular weight is 329 g/mol. The number of hydrogen-bond donors (Lipinski definition) is 1. The van der Waals surface area contributed by atoms with Crippen LogP contribution in [0, 0.1) is 0 Å². The van der Waals surface area contributed by atoms with Gasteiger partial charge < -0.3 is 15.4 Å². The van der Waals surface area contributed by atoms with Gasteiger partial charge in [0.05, 0.1) is 6.61 Å². The van der Waals surface area contributed by atoms with E-state index < -0.39 is 0 Å². The molecule has 0 aromatic heterocycles. The molecule has 0 saturated heterocycles. The monoisotopic (exact) mass is 328 g/mol. The minimum atomic E-state index is 0.163. The van der Waals surface area contributed by atoms with Crippen LogP contribution >= 0.6 is 15.9 Å². The van der Waals surface area contributed by atoms with Crippen LogP contribution in [-0.2, 0) is 11.2 Å². The predicted molar refractivity (Wildman–Crippen MR) is 85.9 cm³/mol. The fourth-order valence-electron chi connectivity index (χ4n) is 2.17. The molecule has 1 unspecified atom stereocenters. The van der Waals surface area contributed by atoms with Crippen LogP contribution in [0.15, 0.2) is 22.7 Å². The second-order valence-electron chi connectivity index (χ2n) is 5.23. The Morgan fingerprint density at radius 1 is 1.32 bits per heavy atom. The molecule has 4 heteroatoms. The number of ether oxygens (including phenoxy) is 1. The highest BCUT2D eigenvalue weighted by atomic mass is 79.9. The zero-order valence-corrected chi connectivity index (χ0v) is 13.9. The Morgan fingerprint density at radius 3 is 2.53 bits per heavy atom. The van der Waals surface area contributed by atoms with Crippen molar-refractivity contribution in [2.75, 3.05) is 25.2 Å². The molecule has 0 radical (unpaired) electrons. The topological polar surface area (TPSA) is 38.5 Å². The first-order valence-electron chi connectivity index (χ1n) is 6.75. The van der Waals surface area contributed by atoms with Gasteiger partial charge in [-0.05, 0) is 44.9 Å². The van der Waals surface area contributed by atoms with Crippen LogP contribution in [0.3, 0.4) is 0 Å². The summed E-state index contributed by atoms with van der Waals surface area (Å²) < 4.78 is 6.31. The van der Waals surface area contributed by atoms with Gasteiger partial charge in [-0.15, -0.1) is 0 Å². The molecule has 1 rings (SSSR count). The highest BCUT2D eigenvalue weighted by Gasteiger charge is 2.15. The maximum Gasteiger partial charge on any atom is 0.0637 e. The molecule has 0 heterocycles. The molecule has 1 aromatic rings. The summed E-state index contributed by atoms with van der Waals surface area (Å²) in [6.07, 6.45) is 0.888. The van der Waals surface area contributed by atoms with Gasteiger partial charge in [0.15, 0.2) is 0 Å². The van der Waals surface area contributed by atoms with Crippen LogP contribution in [0.5, 0.6) is 0 Å². The molecule has 0 aliphatic carbocycles. The SMILES string of the molecule is COCCN(c1cc(Br)ccc1CC(C)N)C(C)C. The third-order valence-corrected chi connectivity index (χ3v) is 3.55. The van der Waals surface area contributed by atoms with Crippen molar-refractivity contribution in [3.05, 3.63) is 28.2 Å². The lowest BCUT2D eigenvalue weighted by molar-refractivity contribution is 0.204. The van der Waals surface area contributed by atoms with E-state index in [0.717, 1.165) is 24.0 Å². The summed E-state index contributed by atoms with van der Waals surface area (Å²) in [7, 11) is 1.74. The van der Waals surface area contributed by atoms with E-state index >= 15 is 0 Å². The number of methoxy groups -OCH3 is 1. The zero-order valence-electron chi connectivity index (χ0n) is 12.3. The minimum absolute atomic E-state index is 0.163. The molecule has 0 saturated carbocycles. The second kappa shape index (κ2) is 7.88. The van der Waals surface area contributed by atoms with Gasteiger partial charge >= 0.3 is 0 Å². The van der Waals surface area contributed by atoms with Crippen LogP contribution in [0.1, 0.15) is 26.3 Å². The van der Waals surface area contributed by atoms with Gasteiger partial charge in [-0.25, -0.2) is 0 Å². The summed E-state index contributed by atoms with van der Waals surface area (Å²) in [6.45, 7) is 8.05. The third-order valence-electron chi connectivity index (χ3n) is 3.06. The van der Waals surface area contributed by atoms with Crippen LogP contribution in [-0.4, -0.2) is 32.3 Å². The largest absolute Gasteiger partial charge is 0.383 e. The number of halogens is 1. The van der Waals surface area contributed by atoms with Crippen LogP contribution in [0.25, 0.3) is 0 Å². The Hall–Kier alpha value is -0.580.